The average molecular weight is 553 g/mol. The van der Waals surface area contributed by atoms with Gasteiger partial charge in [0.2, 0.25) is 0 Å². The summed E-state index contributed by atoms with van der Waals surface area (Å²) in [6, 6.07) is 45.1. The van der Waals surface area contributed by atoms with E-state index in [1.807, 2.05) is 60.7 Å². The lowest BCUT2D eigenvalue weighted by atomic mass is 9.94. The number of hydrogen-bond acceptors (Lipinski definition) is 2. The zero-order valence-corrected chi connectivity index (χ0v) is 22.9. The molecule has 4 heteroatoms. The van der Waals surface area contributed by atoms with Gasteiger partial charge >= 0.3 is 0 Å². The monoisotopic (exact) mass is 552 g/mol. The molecule has 0 atom stereocenters. The van der Waals surface area contributed by atoms with Gasteiger partial charge in [0.05, 0.1) is 22.4 Å². The van der Waals surface area contributed by atoms with Crippen molar-refractivity contribution in [1.82, 2.24) is 9.97 Å². The van der Waals surface area contributed by atoms with E-state index in [-0.39, 0.29) is 0 Å². The van der Waals surface area contributed by atoms with E-state index >= 15 is 0 Å². The summed E-state index contributed by atoms with van der Waals surface area (Å²) in [5.41, 5.74) is 9.92. The minimum absolute atomic E-state index is 0.706. The molecule has 2 heterocycles. The maximum absolute atomic E-state index is 6.25. The molecule has 0 fully saturated rings. The lowest BCUT2D eigenvalue weighted by molar-refractivity contribution is 1.36. The second-order valence-corrected chi connectivity index (χ2v) is 10.6. The van der Waals surface area contributed by atoms with E-state index in [2.05, 4.69) is 72.8 Å². The molecule has 0 saturated heterocycles. The molecular formula is C36H22Cl2N2. The Kier molecular flexibility index (Phi) is 6.28. The maximum Gasteiger partial charge on any atom is 0.0978 e. The number of nitrogens with zero attached hydrogens (tertiary/aromatic N) is 2. The van der Waals surface area contributed by atoms with E-state index in [1.165, 1.54) is 0 Å². The van der Waals surface area contributed by atoms with Crippen LogP contribution in [0.1, 0.15) is 0 Å². The molecule has 0 unspecified atom stereocenters. The Morgan fingerprint density at radius 3 is 1.12 bits per heavy atom. The number of rotatable bonds is 4. The first kappa shape index (κ1) is 24.5. The Hall–Kier alpha value is -4.50. The lowest BCUT2D eigenvalue weighted by Gasteiger charge is -2.15. The van der Waals surface area contributed by atoms with Gasteiger partial charge in [0, 0.05) is 31.9 Å². The van der Waals surface area contributed by atoms with Gasteiger partial charge in [0.25, 0.3) is 0 Å². The molecule has 2 nitrogen and oxygen atoms in total. The number of benzene rings is 5. The molecule has 0 aliphatic rings. The first-order valence-corrected chi connectivity index (χ1v) is 13.8. The Morgan fingerprint density at radius 2 is 0.750 bits per heavy atom. The molecule has 0 saturated carbocycles. The van der Waals surface area contributed by atoms with Gasteiger partial charge in [-0.05, 0) is 58.7 Å². The molecule has 7 aromatic rings. The molecule has 2 aromatic heterocycles. The van der Waals surface area contributed by atoms with Crippen LogP contribution in [0.5, 0.6) is 0 Å². The van der Waals surface area contributed by atoms with E-state index in [4.69, 9.17) is 33.2 Å². The molecule has 190 valence electrons. The molecule has 0 bridgehead atoms. The first-order valence-electron chi connectivity index (χ1n) is 13.1. The maximum atomic E-state index is 6.25. The lowest BCUT2D eigenvalue weighted by Crippen LogP contribution is -1.95. The van der Waals surface area contributed by atoms with Gasteiger partial charge < -0.3 is 0 Å². The predicted molar refractivity (Wildman–Crippen MR) is 169 cm³/mol. The Labute approximate surface area is 242 Å². The van der Waals surface area contributed by atoms with Crippen LogP contribution in [0.15, 0.2) is 133 Å². The third-order valence-corrected chi connectivity index (χ3v) is 7.71. The summed E-state index contributed by atoms with van der Waals surface area (Å²) in [6.45, 7) is 0. The van der Waals surface area contributed by atoms with Crippen molar-refractivity contribution in [3.8, 4) is 44.8 Å². The number of halogens is 2. The van der Waals surface area contributed by atoms with Crippen LogP contribution in [0.2, 0.25) is 10.0 Å². The van der Waals surface area contributed by atoms with E-state index in [0.29, 0.717) is 10.0 Å². The molecule has 0 amide bonds. The van der Waals surface area contributed by atoms with Crippen molar-refractivity contribution in [2.45, 2.75) is 0 Å². The summed E-state index contributed by atoms with van der Waals surface area (Å²) < 4.78 is 0. The summed E-state index contributed by atoms with van der Waals surface area (Å²) in [5, 5.41) is 3.48. The molecule has 0 radical (unpaired) electrons. The van der Waals surface area contributed by atoms with Crippen LogP contribution in [0, 0.1) is 0 Å². The largest absolute Gasteiger partial charge is 0.245 e. The third-order valence-electron chi connectivity index (χ3n) is 7.21. The van der Waals surface area contributed by atoms with Gasteiger partial charge in [0.1, 0.15) is 0 Å². The SMILES string of the molecule is Clc1ccc(-c2cc(-c3ccccc3)nc3c2ccc2c(-c4ccc(Cl)cc4)cc(-c4ccccc4)nc23)cc1. The van der Waals surface area contributed by atoms with E-state index < -0.39 is 0 Å². The van der Waals surface area contributed by atoms with Gasteiger partial charge in [-0.25, -0.2) is 9.97 Å². The fourth-order valence-electron chi connectivity index (χ4n) is 5.23. The van der Waals surface area contributed by atoms with Crippen molar-refractivity contribution < 1.29 is 0 Å². The molecule has 5 aromatic carbocycles. The third kappa shape index (κ3) is 4.52. The zero-order chi connectivity index (χ0) is 27.1. The quantitative estimate of drug-likeness (QED) is 0.203. The smallest absolute Gasteiger partial charge is 0.0978 e. The summed E-state index contributed by atoms with van der Waals surface area (Å²) >= 11 is 12.5. The van der Waals surface area contributed by atoms with Crippen molar-refractivity contribution in [3.63, 3.8) is 0 Å². The van der Waals surface area contributed by atoms with Crippen LogP contribution >= 0.6 is 23.2 Å². The van der Waals surface area contributed by atoms with Crippen molar-refractivity contribution in [1.29, 1.82) is 0 Å². The number of aromatic nitrogens is 2. The fraction of sp³-hybridized carbons (Fsp3) is 0. The fourth-order valence-corrected chi connectivity index (χ4v) is 5.48. The van der Waals surface area contributed by atoms with Gasteiger partial charge in [-0.2, -0.15) is 0 Å². The number of hydrogen-bond donors (Lipinski definition) is 0. The van der Waals surface area contributed by atoms with E-state index in [9.17, 15) is 0 Å². The highest BCUT2D eigenvalue weighted by Crippen LogP contribution is 2.39. The Morgan fingerprint density at radius 1 is 0.375 bits per heavy atom. The van der Waals surface area contributed by atoms with Crippen LogP contribution in [0.25, 0.3) is 66.6 Å². The predicted octanol–water partition coefficient (Wildman–Crippen LogP) is 10.8. The summed E-state index contributed by atoms with van der Waals surface area (Å²) in [5.74, 6) is 0. The van der Waals surface area contributed by atoms with E-state index in [0.717, 1.165) is 66.6 Å². The van der Waals surface area contributed by atoms with Crippen LogP contribution in [0.4, 0.5) is 0 Å². The normalized spacial score (nSPS) is 11.2. The number of fused-ring (bicyclic) bond motifs is 3. The van der Waals surface area contributed by atoms with Gasteiger partial charge in [-0.15, -0.1) is 0 Å². The molecule has 0 aliphatic heterocycles. The van der Waals surface area contributed by atoms with Gasteiger partial charge in [0.15, 0.2) is 0 Å². The van der Waals surface area contributed by atoms with Crippen molar-refractivity contribution in [2.75, 3.05) is 0 Å². The molecule has 0 spiro atoms. The number of pyridine rings is 2. The van der Waals surface area contributed by atoms with Crippen LogP contribution in [0.3, 0.4) is 0 Å². The summed E-state index contributed by atoms with van der Waals surface area (Å²) in [7, 11) is 0. The molecular weight excluding hydrogens is 531 g/mol. The van der Waals surface area contributed by atoms with E-state index in [1.54, 1.807) is 0 Å². The molecule has 0 aliphatic carbocycles. The summed E-state index contributed by atoms with van der Waals surface area (Å²) in [4.78, 5) is 10.5. The Balaban J connectivity index is 1.60. The van der Waals surface area contributed by atoms with Crippen molar-refractivity contribution >= 4 is 45.0 Å². The Bertz CT molecular complexity index is 1840. The van der Waals surface area contributed by atoms with Crippen molar-refractivity contribution in [3.05, 3.63) is 144 Å². The topological polar surface area (TPSA) is 25.8 Å². The second-order valence-electron chi connectivity index (χ2n) is 9.71. The van der Waals surface area contributed by atoms with Gasteiger partial charge in [-0.3, -0.25) is 0 Å². The van der Waals surface area contributed by atoms with Crippen molar-refractivity contribution in [2.24, 2.45) is 0 Å². The second kappa shape index (κ2) is 10.2. The highest BCUT2D eigenvalue weighted by molar-refractivity contribution is 6.31. The highest BCUT2D eigenvalue weighted by atomic mass is 35.5. The minimum atomic E-state index is 0.706. The highest BCUT2D eigenvalue weighted by Gasteiger charge is 2.17. The molecule has 7 rings (SSSR count). The first-order chi connectivity index (χ1) is 19.6. The van der Waals surface area contributed by atoms with Crippen LogP contribution < -0.4 is 0 Å². The minimum Gasteiger partial charge on any atom is -0.245 e. The average Bonchev–Trinajstić information content (AvgIpc) is 3.01. The summed E-state index contributed by atoms with van der Waals surface area (Å²) in [6.07, 6.45) is 0. The molecule has 40 heavy (non-hydrogen) atoms. The van der Waals surface area contributed by atoms with Crippen LogP contribution in [-0.4, -0.2) is 9.97 Å². The molecule has 0 N–H and O–H groups in total. The zero-order valence-electron chi connectivity index (χ0n) is 21.4. The van der Waals surface area contributed by atoms with Crippen LogP contribution in [-0.2, 0) is 0 Å². The van der Waals surface area contributed by atoms with Gasteiger partial charge in [-0.1, -0.05) is 120 Å². The standard InChI is InChI=1S/C36H22Cl2N2/c37-27-15-11-23(12-16-27)31-21-33(25-7-3-1-4-8-25)39-35-29(31)19-20-30-32(24-13-17-28(38)18-14-24)22-34(40-36(30)35)26-9-5-2-6-10-26/h1-22H.